The fourth-order valence-electron chi connectivity index (χ4n) is 4.62. The number of hydrogen-bond acceptors (Lipinski definition) is 11. The molecule has 1 aromatic rings. The van der Waals surface area contributed by atoms with Crippen molar-refractivity contribution in [1.82, 2.24) is 30.2 Å². The van der Waals surface area contributed by atoms with Crippen molar-refractivity contribution >= 4 is 35.7 Å². The molecule has 0 aromatic heterocycles. The maximum Gasteiger partial charge on any atom is 0.320 e. The number of nitrogens with one attached hydrogen (secondary N) is 2. The monoisotopic (exact) mass is 637 g/mol. The summed E-state index contributed by atoms with van der Waals surface area (Å²) >= 11 is 0. The van der Waals surface area contributed by atoms with E-state index >= 15 is 0 Å². The molecule has 1 fully saturated rings. The SMILES string of the molecule is N[C@@H](Cc1ccc(CNC(=O)CNC(=O)CN2CCN(CC(=O)O)CCN(CC(=O)O)CCN(CC(=O)O)CC2)cc1)C(=O)O. The molecule has 0 spiro atoms. The van der Waals surface area contributed by atoms with Crippen molar-refractivity contribution in [2.45, 2.75) is 19.0 Å². The van der Waals surface area contributed by atoms with Crippen molar-refractivity contribution < 1.29 is 49.2 Å². The molecule has 1 aliphatic heterocycles. The average molecular weight is 638 g/mol. The zero-order valence-corrected chi connectivity index (χ0v) is 25.1. The van der Waals surface area contributed by atoms with Gasteiger partial charge in [-0.1, -0.05) is 24.3 Å². The van der Waals surface area contributed by atoms with E-state index in [0.29, 0.717) is 0 Å². The molecule has 1 aliphatic rings. The minimum Gasteiger partial charge on any atom is -0.480 e. The number of carboxylic acid groups (broad SMARTS) is 4. The molecule has 0 aliphatic carbocycles. The van der Waals surface area contributed by atoms with Gasteiger partial charge in [-0.25, -0.2) is 0 Å². The Kier molecular flexibility index (Phi) is 15.9. The summed E-state index contributed by atoms with van der Waals surface area (Å²) in [5.74, 6) is -5.11. The van der Waals surface area contributed by atoms with Gasteiger partial charge in [0.25, 0.3) is 0 Å². The first-order chi connectivity index (χ1) is 21.3. The van der Waals surface area contributed by atoms with E-state index in [9.17, 15) is 44.1 Å². The molecule has 0 radical (unpaired) electrons. The molecule has 1 heterocycles. The van der Waals surface area contributed by atoms with E-state index in [1.807, 2.05) is 0 Å². The molecular formula is C28H43N7O10. The lowest BCUT2D eigenvalue weighted by atomic mass is 10.0. The largest absolute Gasteiger partial charge is 0.480 e. The summed E-state index contributed by atoms with van der Waals surface area (Å²) in [5.41, 5.74) is 7.06. The highest BCUT2D eigenvalue weighted by Crippen LogP contribution is 2.07. The van der Waals surface area contributed by atoms with E-state index in [4.69, 9.17) is 10.8 Å². The highest BCUT2D eigenvalue weighted by atomic mass is 16.4. The van der Waals surface area contributed by atoms with Gasteiger partial charge in [-0.05, 0) is 17.5 Å². The van der Waals surface area contributed by atoms with Crippen LogP contribution in [0.15, 0.2) is 24.3 Å². The van der Waals surface area contributed by atoms with Crippen molar-refractivity contribution in [3.63, 3.8) is 0 Å². The number of amides is 2. The fourth-order valence-corrected chi connectivity index (χ4v) is 4.62. The number of carboxylic acids is 4. The third kappa shape index (κ3) is 15.9. The summed E-state index contributed by atoms with van der Waals surface area (Å²) in [5, 5.41) is 42.1. The molecule has 17 heteroatoms. The van der Waals surface area contributed by atoms with E-state index < -0.39 is 41.7 Å². The van der Waals surface area contributed by atoms with Crippen LogP contribution in [0.4, 0.5) is 0 Å². The molecule has 1 atom stereocenters. The van der Waals surface area contributed by atoms with E-state index in [1.54, 1.807) is 43.9 Å². The Labute approximate surface area is 260 Å². The van der Waals surface area contributed by atoms with Gasteiger partial charge in [0, 0.05) is 58.9 Å². The molecule has 1 aromatic carbocycles. The summed E-state index contributed by atoms with van der Waals surface area (Å²) in [6, 6.07) is 5.93. The van der Waals surface area contributed by atoms with Crippen LogP contribution in [0.1, 0.15) is 11.1 Å². The van der Waals surface area contributed by atoms with Gasteiger partial charge in [0.2, 0.25) is 11.8 Å². The van der Waals surface area contributed by atoms with Crippen LogP contribution in [-0.4, -0.2) is 167 Å². The Morgan fingerprint density at radius 2 is 0.978 bits per heavy atom. The van der Waals surface area contributed by atoms with Crippen molar-refractivity contribution in [2.24, 2.45) is 5.73 Å². The predicted octanol–water partition coefficient (Wildman–Crippen LogP) is -3.15. The second-order valence-corrected chi connectivity index (χ2v) is 10.8. The first kappa shape index (κ1) is 37.0. The van der Waals surface area contributed by atoms with Gasteiger partial charge in [0.1, 0.15) is 6.04 Å². The Bertz CT molecular complexity index is 1130. The number of rotatable bonds is 15. The third-order valence-electron chi connectivity index (χ3n) is 7.11. The summed E-state index contributed by atoms with van der Waals surface area (Å²) in [6.45, 7) is 1.12. The van der Waals surface area contributed by atoms with Crippen LogP contribution in [0.2, 0.25) is 0 Å². The first-order valence-electron chi connectivity index (χ1n) is 14.4. The molecule has 17 nitrogen and oxygen atoms in total. The van der Waals surface area contributed by atoms with Crippen molar-refractivity contribution in [1.29, 1.82) is 0 Å². The molecule has 250 valence electrons. The highest BCUT2D eigenvalue weighted by molar-refractivity contribution is 5.85. The summed E-state index contributed by atoms with van der Waals surface area (Å²) in [4.78, 5) is 76.9. The molecule has 0 bridgehead atoms. The quantitative estimate of drug-likeness (QED) is 0.100. The van der Waals surface area contributed by atoms with Crippen LogP contribution in [0.3, 0.4) is 0 Å². The van der Waals surface area contributed by atoms with Gasteiger partial charge < -0.3 is 36.8 Å². The van der Waals surface area contributed by atoms with Crippen molar-refractivity contribution in [2.75, 3.05) is 85.1 Å². The first-order valence-corrected chi connectivity index (χ1v) is 14.4. The van der Waals surface area contributed by atoms with Gasteiger partial charge in [-0.15, -0.1) is 0 Å². The lowest BCUT2D eigenvalue weighted by molar-refractivity contribution is -0.140. The lowest BCUT2D eigenvalue weighted by Crippen LogP contribution is -2.50. The predicted molar refractivity (Wildman–Crippen MR) is 159 cm³/mol. The van der Waals surface area contributed by atoms with E-state index in [-0.39, 0.29) is 98.0 Å². The fraction of sp³-hybridized carbons (Fsp3) is 0.571. The van der Waals surface area contributed by atoms with Gasteiger partial charge in [0.05, 0.1) is 32.7 Å². The smallest absolute Gasteiger partial charge is 0.320 e. The Balaban J connectivity index is 1.93. The second-order valence-electron chi connectivity index (χ2n) is 10.8. The number of carbonyl (C=O) groups excluding carboxylic acids is 2. The van der Waals surface area contributed by atoms with Crippen LogP contribution in [0.5, 0.6) is 0 Å². The number of benzene rings is 1. The summed E-state index contributed by atoms with van der Waals surface area (Å²) in [6.07, 6.45) is 0.172. The standard InChI is InChI=1S/C28H43N7O10/c29-22(28(44)45)13-20-1-3-21(4-2-20)14-30-23(36)15-31-24(37)16-32-5-7-33(17-25(38)39)9-11-35(19-27(42)43)12-10-34(8-6-32)18-26(40)41/h1-4,22H,5-19,29H2,(H,30,36)(H,31,37)(H,38,39)(H,40,41)(H,42,43)(H,44,45)/t22-/m0/s1. The molecule has 45 heavy (non-hydrogen) atoms. The molecule has 0 saturated carbocycles. The zero-order chi connectivity index (χ0) is 33.4. The number of nitrogens with two attached hydrogens (primary N) is 1. The summed E-state index contributed by atoms with van der Waals surface area (Å²) < 4.78 is 0. The maximum absolute atomic E-state index is 12.7. The van der Waals surface area contributed by atoms with Crippen LogP contribution in [0.25, 0.3) is 0 Å². The number of aliphatic carboxylic acids is 4. The Hall–Kier alpha value is -4.16. The van der Waals surface area contributed by atoms with Gasteiger partial charge in [-0.3, -0.25) is 48.4 Å². The molecule has 0 unspecified atom stereocenters. The van der Waals surface area contributed by atoms with Crippen molar-refractivity contribution in [3.05, 3.63) is 35.4 Å². The maximum atomic E-state index is 12.7. The number of carbonyl (C=O) groups is 6. The van der Waals surface area contributed by atoms with Crippen LogP contribution in [-0.2, 0) is 41.7 Å². The lowest BCUT2D eigenvalue weighted by Gasteiger charge is -2.32. The van der Waals surface area contributed by atoms with Gasteiger partial charge in [0.15, 0.2) is 0 Å². The highest BCUT2D eigenvalue weighted by Gasteiger charge is 2.21. The number of nitrogens with zero attached hydrogens (tertiary/aromatic N) is 4. The van der Waals surface area contributed by atoms with Crippen LogP contribution < -0.4 is 16.4 Å². The van der Waals surface area contributed by atoms with E-state index in [1.165, 1.54) is 0 Å². The summed E-state index contributed by atoms with van der Waals surface area (Å²) in [7, 11) is 0. The number of hydrogen-bond donors (Lipinski definition) is 7. The Morgan fingerprint density at radius 1 is 0.600 bits per heavy atom. The molecule has 8 N–H and O–H groups in total. The normalized spacial score (nSPS) is 16.9. The van der Waals surface area contributed by atoms with Gasteiger partial charge >= 0.3 is 23.9 Å². The zero-order valence-electron chi connectivity index (χ0n) is 25.1. The molecule has 2 rings (SSSR count). The minimum absolute atomic E-state index is 0.111. The van der Waals surface area contributed by atoms with Gasteiger partial charge in [-0.2, -0.15) is 0 Å². The van der Waals surface area contributed by atoms with E-state index in [0.717, 1.165) is 11.1 Å². The minimum atomic E-state index is -1.09. The molecule has 1 saturated heterocycles. The second kappa shape index (κ2) is 19.3. The van der Waals surface area contributed by atoms with Crippen molar-refractivity contribution in [3.8, 4) is 0 Å². The average Bonchev–Trinajstić information content (AvgIpc) is 2.96. The molecular weight excluding hydrogens is 594 g/mol. The van der Waals surface area contributed by atoms with Crippen LogP contribution in [0, 0.1) is 0 Å². The molecule has 2 amide bonds. The third-order valence-corrected chi connectivity index (χ3v) is 7.11. The van der Waals surface area contributed by atoms with E-state index in [2.05, 4.69) is 10.6 Å². The van der Waals surface area contributed by atoms with Crippen LogP contribution >= 0.6 is 0 Å². The topological polar surface area (TPSA) is 246 Å². The Morgan fingerprint density at radius 3 is 1.36 bits per heavy atom.